The molecule has 0 radical (unpaired) electrons. The quantitative estimate of drug-likeness (QED) is 0.243. The molecule has 0 spiro atoms. The fourth-order valence-corrected chi connectivity index (χ4v) is 4.01. The zero-order chi connectivity index (χ0) is 22.9. The van der Waals surface area contributed by atoms with Crippen LogP contribution in [0, 0.1) is 0 Å². The van der Waals surface area contributed by atoms with E-state index in [4.69, 9.17) is 19.7 Å². The number of rotatable bonds is 11. The fourth-order valence-electron chi connectivity index (χ4n) is 2.69. The second kappa shape index (κ2) is 11.5. The SMILES string of the molecule is CC(C)OC(=O)CNP(OC(=O)COCCn1cnc2c(N)ncnc21)c1ccccc1. The van der Waals surface area contributed by atoms with Crippen molar-refractivity contribution in [2.24, 2.45) is 0 Å². The van der Waals surface area contributed by atoms with Gasteiger partial charge in [0, 0.05) is 11.8 Å². The van der Waals surface area contributed by atoms with Crippen LogP contribution in [0.25, 0.3) is 11.2 Å². The Balaban J connectivity index is 1.49. The number of ether oxygens (including phenoxy) is 2. The van der Waals surface area contributed by atoms with E-state index in [1.807, 2.05) is 30.3 Å². The molecule has 0 saturated carbocycles. The largest absolute Gasteiger partial charge is 0.462 e. The molecule has 2 heterocycles. The number of hydrogen-bond acceptors (Lipinski definition) is 10. The van der Waals surface area contributed by atoms with Crippen LogP contribution in [0.2, 0.25) is 0 Å². The van der Waals surface area contributed by atoms with Crippen LogP contribution in [0.4, 0.5) is 5.82 Å². The first-order valence-electron chi connectivity index (χ1n) is 9.92. The number of anilines is 1. The van der Waals surface area contributed by atoms with E-state index in [-0.39, 0.29) is 25.9 Å². The summed E-state index contributed by atoms with van der Waals surface area (Å²) in [7, 11) is -1.56. The van der Waals surface area contributed by atoms with Crippen molar-refractivity contribution in [3.63, 3.8) is 0 Å². The van der Waals surface area contributed by atoms with Crippen molar-refractivity contribution in [1.82, 2.24) is 24.6 Å². The number of nitrogens with two attached hydrogens (primary N) is 1. The van der Waals surface area contributed by atoms with Crippen molar-refractivity contribution in [3.8, 4) is 0 Å². The second-order valence-corrected chi connectivity index (χ2v) is 8.49. The van der Waals surface area contributed by atoms with Crippen molar-refractivity contribution in [3.05, 3.63) is 43.0 Å². The molecule has 12 heteroatoms. The zero-order valence-corrected chi connectivity index (χ0v) is 18.7. The van der Waals surface area contributed by atoms with E-state index < -0.39 is 20.2 Å². The maximum atomic E-state index is 12.3. The Kier molecular flexibility index (Phi) is 8.43. The lowest BCUT2D eigenvalue weighted by Crippen LogP contribution is -2.28. The maximum absolute atomic E-state index is 12.3. The Labute approximate surface area is 186 Å². The number of aromatic nitrogens is 4. The Morgan fingerprint density at radius 2 is 1.94 bits per heavy atom. The van der Waals surface area contributed by atoms with Gasteiger partial charge < -0.3 is 24.3 Å². The number of nitrogen functional groups attached to an aromatic ring is 1. The third-order valence-corrected chi connectivity index (χ3v) is 5.64. The molecule has 170 valence electrons. The predicted octanol–water partition coefficient (Wildman–Crippen LogP) is 1.15. The molecular weight excluding hydrogens is 435 g/mol. The highest BCUT2D eigenvalue weighted by molar-refractivity contribution is 7.59. The first kappa shape index (κ1) is 23.5. The van der Waals surface area contributed by atoms with Crippen molar-refractivity contribution in [2.75, 3.05) is 25.5 Å². The van der Waals surface area contributed by atoms with Gasteiger partial charge in [0.25, 0.3) is 0 Å². The molecule has 2 aromatic heterocycles. The minimum Gasteiger partial charge on any atom is -0.462 e. The highest BCUT2D eigenvalue weighted by Gasteiger charge is 2.19. The van der Waals surface area contributed by atoms with E-state index in [2.05, 4.69) is 20.0 Å². The lowest BCUT2D eigenvalue weighted by Gasteiger charge is -2.18. The smallest absolute Gasteiger partial charge is 0.336 e. The fraction of sp³-hybridized carbons (Fsp3) is 0.350. The van der Waals surface area contributed by atoms with Gasteiger partial charge in [0.2, 0.25) is 0 Å². The summed E-state index contributed by atoms with van der Waals surface area (Å²) in [5, 5.41) is 3.72. The van der Waals surface area contributed by atoms with E-state index in [1.165, 1.54) is 6.33 Å². The minimum absolute atomic E-state index is 0.0778. The molecule has 0 saturated heterocycles. The van der Waals surface area contributed by atoms with Gasteiger partial charge in [0.1, 0.15) is 25.0 Å². The summed E-state index contributed by atoms with van der Waals surface area (Å²) in [5.41, 5.74) is 6.88. The lowest BCUT2D eigenvalue weighted by molar-refractivity contribution is -0.146. The summed E-state index contributed by atoms with van der Waals surface area (Å²) in [6.45, 7) is 3.88. The van der Waals surface area contributed by atoms with Gasteiger partial charge in [-0.3, -0.25) is 4.79 Å². The summed E-state index contributed by atoms with van der Waals surface area (Å²) in [6.07, 6.45) is 2.73. The highest BCUT2D eigenvalue weighted by atomic mass is 31.2. The summed E-state index contributed by atoms with van der Waals surface area (Å²) in [5.74, 6) is -0.670. The Hall–Kier alpha value is -3.14. The normalized spacial score (nSPS) is 12.1. The summed E-state index contributed by atoms with van der Waals surface area (Å²) in [6, 6.07) is 9.15. The van der Waals surface area contributed by atoms with Crippen molar-refractivity contribution >= 4 is 42.5 Å². The molecule has 0 fully saturated rings. The van der Waals surface area contributed by atoms with Crippen LogP contribution in [0.3, 0.4) is 0 Å². The van der Waals surface area contributed by atoms with Crippen LogP contribution < -0.4 is 16.1 Å². The van der Waals surface area contributed by atoms with Gasteiger partial charge in [-0.25, -0.2) is 24.8 Å². The van der Waals surface area contributed by atoms with E-state index in [1.54, 1.807) is 24.7 Å². The first-order valence-corrected chi connectivity index (χ1v) is 11.2. The van der Waals surface area contributed by atoms with Crippen LogP contribution in [-0.2, 0) is 30.1 Å². The number of carbonyl (C=O) groups is 2. The number of benzene rings is 1. The van der Waals surface area contributed by atoms with Gasteiger partial charge >= 0.3 is 11.9 Å². The average molecular weight is 460 g/mol. The Morgan fingerprint density at radius 1 is 1.16 bits per heavy atom. The summed E-state index contributed by atoms with van der Waals surface area (Å²) >= 11 is 0. The van der Waals surface area contributed by atoms with E-state index >= 15 is 0 Å². The van der Waals surface area contributed by atoms with E-state index in [0.29, 0.717) is 23.5 Å². The van der Waals surface area contributed by atoms with Crippen molar-refractivity contribution in [1.29, 1.82) is 0 Å². The van der Waals surface area contributed by atoms with Crippen LogP contribution in [0.1, 0.15) is 13.8 Å². The van der Waals surface area contributed by atoms with Crippen LogP contribution in [-0.4, -0.2) is 57.3 Å². The molecule has 0 aliphatic carbocycles. The number of nitrogens with zero attached hydrogens (tertiary/aromatic N) is 4. The molecular formula is C20H25N6O5P. The molecule has 1 aromatic carbocycles. The topological polar surface area (TPSA) is 143 Å². The molecule has 0 aliphatic rings. The van der Waals surface area contributed by atoms with Gasteiger partial charge in [-0.05, 0) is 26.0 Å². The second-order valence-electron chi connectivity index (χ2n) is 6.89. The molecule has 3 aromatic rings. The third kappa shape index (κ3) is 6.68. The number of carbonyl (C=O) groups excluding carboxylic acids is 2. The standard InChI is InChI=1S/C20H25N6O5P/c1-14(2)30-16(27)10-25-32(15-6-4-3-5-7-15)31-17(28)11-29-9-8-26-13-24-18-19(21)22-12-23-20(18)26/h3-7,12-14,25H,8-11H2,1-2H3,(H2,21,22,23). The number of fused-ring (bicyclic) bond motifs is 1. The molecule has 3 rings (SSSR count). The zero-order valence-electron chi connectivity index (χ0n) is 17.8. The number of nitrogens with one attached hydrogen (secondary N) is 1. The molecule has 11 nitrogen and oxygen atoms in total. The molecule has 0 bridgehead atoms. The molecule has 1 atom stereocenters. The Morgan fingerprint density at radius 3 is 2.69 bits per heavy atom. The van der Waals surface area contributed by atoms with Crippen LogP contribution >= 0.6 is 8.30 Å². The van der Waals surface area contributed by atoms with Gasteiger partial charge in [-0.2, -0.15) is 0 Å². The Bertz CT molecular complexity index is 1050. The summed E-state index contributed by atoms with van der Waals surface area (Å²) < 4.78 is 17.9. The van der Waals surface area contributed by atoms with Gasteiger partial charge in [0.15, 0.2) is 19.8 Å². The molecule has 3 N–H and O–H groups in total. The lowest BCUT2D eigenvalue weighted by atomic mass is 10.4. The number of imidazole rings is 1. The van der Waals surface area contributed by atoms with Crippen LogP contribution in [0.15, 0.2) is 43.0 Å². The molecule has 0 aliphatic heterocycles. The summed E-state index contributed by atoms with van der Waals surface area (Å²) in [4.78, 5) is 36.4. The van der Waals surface area contributed by atoms with Gasteiger partial charge in [-0.1, -0.05) is 18.2 Å². The molecule has 0 amide bonds. The van der Waals surface area contributed by atoms with Gasteiger partial charge in [0.05, 0.1) is 19.0 Å². The van der Waals surface area contributed by atoms with Crippen molar-refractivity contribution in [2.45, 2.75) is 26.5 Å². The third-order valence-electron chi connectivity index (χ3n) is 4.04. The van der Waals surface area contributed by atoms with E-state index in [9.17, 15) is 9.59 Å². The van der Waals surface area contributed by atoms with Gasteiger partial charge in [-0.15, -0.1) is 0 Å². The average Bonchev–Trinajstić information content (AvgIpc) is 3.19. The minimum atomic E-state index is -1.56. The monoisotopic (exact) mass is 460 g/mol. The highest BCUT2D eigenvalue weighted by Crippen LogP contribution is 2.30. The number of esters is 1. The number of hydrogen-bond donors (Lipinski definition) is 2. The van der Waals surface area contributed by atoms with E-state index in [0.717, 1.165) is 5.30 Å². The van der Waals surface area contributed by atoms with Crippen LogP contribution in [0.5, 0.6) is 0 Å². The molecule has 32 heavy (non-hydrogen) atoms. The first-order chi connectivity index (χ1) is 15.4. The van der Waals surface area contributed by atoms with Crippen molar-refractivity contribution < 1.29 is 23.6 Å². The maximum Gasteiger partial charge on any atom is 0.336 e. The predicted molar refractivity (Wildman–Crippen MR) is 119 cm³/mol. The molecule has 1 unspecified atom stereocenters.